The molecule has 7 heteroatoms. The molecule has 0 saturated heterocycles. The molecule has 0 saturated carbocycles. The number of carbonyl (C=O) groups excluding carboxylic acids is 2. The Kier molecular flexibility index (Phi) is 17.5. The first kappa shape index (κ1) is 33.3. The summed E-state index contributed by atoms with van der Waals surface area (Å²) in [6.45, 7) is 2.27. The van der Waals surface area contributed by atoms with Gasteiger partial charge in [0.1, 0.15) is 0 Å². The van der Waals surface area contributed by atoms with E-state index in [-0.39, 0.29) is 17.2 Å². The van der Waals surface area contributed by atoms with Crippen molar-refractivity contribution in [3.05, 3.63) is 58.6 Å². The molecule has 1 amide bonds. The summed E-state index contributed by atoms with van der Waals surface area (Å²) in [7, 11) is 1.49. The quantitative estimate of drug-likeness (QED) is 0.0533. The van der Waals surface area contributed by atoms with Crippen LogP contribution in [0.3, 0.4) is 0 Å². The fourth-order valence-electron chi connectivity index (χ4n) is 4.52. The number of ether oxygens (including phenoxy) is 2. The molecule has 0 aromatic heterocycles. The maximum absolute atomic E-state index is 12.4. The fraction of sp³-hybridized carbons (Fsp3) is 0.545. The van der Waals surface area contributed by atoms with E-state index in [1.807, 2.05) is 0 Å². The maximum atomic E-state index is 12.4. The molecule has 6 nitrogen and oxygen atoms in total. The third-order valence-electron chi connectivity index (χ3n) is 6.89. The number of hydrogen-bond donors (Lipinski definition) is 1. The molecule has 2 aromatic rings. The zero-order valence-corrected chi connectivity index (χ0v) is 25.1. The normalized spacial score (nSPS) is 11.1. The predicted octanol–water partition coefficient (Wildman–Crippen LogP) is 9.28. The van der Waals surface area contributed by atoms with E-state index in [4.69, 9.17) is 21.1 Å². The monoisotopic (exact) mass is 570 g/mol. The topological polar surface area (TPSA) is 77.0 Å². The molecule has 0 unspecified atom stereocenters. The number of rotatable bonds is 21. The lowest BCUT2D eigenvalue weighted by molar-refractivity contribution is -0.121. The molecule has 0 radical (unpaired) electrons. The first-order valence-corrected chi connectivity index (χ1v) is 15.4. The van der Waals surface area contributed by atoms with Crippen LogP contribution in [0.25, 0.3) is 0 Å². The van der Waals surface area contributed by atoms with Crippen LogP contribution in [-0.2, 0) is 4.79 Å². The fourth-order valence-corrected chi connectivity index (χ4v) is 4.73. The number of nitrogens with one attached hydrogen (secondary N) is 1. The van der Waals surface area contributed by atoms with Gasteiger partial charge in [-0.05, 0) is 42.3 Å². The molecular formula is C33H47ClN2O4. The number of hydrazone groups is 1. The minimum absolute atomic E-state index is 0.0943. The predicted molar refractivity (Wildman–Crippen MR) is 165 cm³/mol. The summed E-state index contributed by atoms with van der Waals surface area (Å²) in [5, 5.41) is 4.36. The van der Waals surface area contributed by atoms with Gasteiger partial charge < -0.3 is 9.47 Å². The number of amides is 1. The van der Waals surface area contributed by atoms with Gasteiger partial charge in [0.2, 0.25) is 5.91 Å². The number of benzene rings is 2. The zero-order valence-electron chi connectivity index (χ0n) is 24.4. The van der Waals surface area contributed by atoms with Crippen molar-refractivity contribution in [2.24, 2.45) is 5.10 Å². The lowest BCUT2D eigenvalue weighted by Crippen LogP contribution is -2.16. The van der Waals surface area contributed by atoms with Crippen LogP contribution < -0.4 is 14.9 Å². The van der Waals surface area contributed by atoms with Gasteiger partial charge in [-0.25, -0.2) is 10.2 Å². The van der Waals surface area contributed by atoms with Gasteiger partial charge in [-0.15, -0.1) is 0 Å². The number of nitrogens with zero attached hydrogens (tertiary/aromatic N) is 1. The molecule has 40 heavy (non-hydrogen) atoms. The third kappa shape index (κ3) is 14.0. The number of unbranched alkanes of at least 4 members (excludes halogenated alkanes) is 14. The van der Waals surface area contributed by atoms with Crippen LogP contribution in [0, 0.1) is 0 Å². The minimum atomic E-state index is -0.573. The van der Waals surface area contributed by atoms with Gasteiger partial charge in [0.05, 0.1) is 23.9 Å². The molecule has 220 valence electrons. The van der Waals surface area contributed by atoms with E-state index in [1.165, 1.54) is 96.8 Å². The number of halogens is 1. The Hall–Kier alpha value is -2.86. The van der Waals surface area contributed by atoms with Gasteiger partial charge in [-0.2, -0.15) is 5.10 Å². The van der Waals surface area contributed by atoms with Crippen molar-refractivity contribution < 1.29 is 19.1 Å². The molecule has 0 fully saturated rings. The van der Waals surface area contributed by atoms with Gasteiger partial charge in [0.25, 0.3) is 0 Å². The molecule has 1 N–H and O–H groups in total. The second-order valence-electron chi connectivity index (χ2n) is 10.3. The van der Waals surface area contributed by atoms with Gasteiger partial charge in [0.15, 0.2) is 11.5 Å². The number of methoxy groups -OCH3 is 1. The van der Waals surface area contributed by atoms with Crippen LogP contribution in [0.4, 0.5) is 0 Å². The maximum Gasteiger partial charge on any atom is 0.345 e. The molecule has 0 aliphatic heterocycles. The molecule has 2 rings (SSSR count). The Balaban J connectivity index is 1.56. The zero-order chi connectivity index (χ0) is 28.8. The van der Waals surface area contributed by atoms with Crippen LogP contribution in [0.1, 0.15) is 126 Å². The highest BCUT2D eigenvalue weighted by molar-refractivity contribution is 6.33. The lowest BCUT2D eigenvalue weighted by atomic mass is 10.0. The molecule has 0 bridgehead atoms. The van der Waals surface area contributed by atoms with Crippen LogP contribution in [-0.4, -0.2) is 25.2 Å². The highest BCUT2D eigenvalue weighted by Crippen LogP contribution is 2.29. The summed E-state index contributed by atoms with van der Waals surface area (Å²) < 4.78 is 10.8. The minimum Gasteiger partial charge on any atom is -0.493 e. The Bertz CT molecular complexity index is 1040. The average molecular weight is 571 g/mol. The summed E-state index contributed by atoms with van der Waals surface area (Å²) in [6.07, 6.45) is 21.5. The van der Waals surface area contributed by atoms with Crippen molar-refractivity contribution in [3.8, 4) is 11.5 Å². The van der Waals surface area contributed by atoms with Gasteiger partial charge in [-0.3, -0.25) is 4.79 Å². The van der Waals surface area contributed by atoms with Crippen molar-refractivity contribution in [3.63, 3.8) is 0 Å². The highest BCUT2D eigenvalue weighted by Gasteiger charge is 2.15. The van der Waals surface area contributed by atoms with Gasteiger partial charge >= 0.3 is 5.97 Å². The number of hydrogen-bond acceptors (Lipinski definition) is 5. The Labute approximate surface area is 245 Å². The highest BCUT2D eigenvalue weighted by atomic mass is 35.5. The van der Waals surface area contributed by atoms with Crippen LogP contribution >= 0.6 is 11.6 Å². The molecule has 0 aliphatic rings. The molecule has 0 aliphatic carbocycles. The van der Waals surface area contributed by atoms with E-state index >= 15 is 0 Å². The van der Waals surface area contributed by atoms with Crippen molar-refractivity contribution in [2.45, 2.75) is 110 Å². The van der Waals surface area contributed by atoms with E-state index in [0.29, 0.717) is 22.8 Å². The first-order valence-electron chi connectivity index (χ1n) is 15.0. The van der Waals surface area contributed by atoms with Crippen LogP contribution in [0.2, 0.25) is 5.02 Å². The van der Waals surface area contributed by atoms with E-state index in [1.54, 1.807) is 42.5 Å². The summed E-state index contributed by atoms with van der Waals surface area (Å²) in [5.41, 5.74) is 3.55. The SMILES string of the molecule is CCCCCCCCCCCCCCCCCC(=O)NN=Cc1ccc(OC(=O)c2ccccc2Cl)c(OC)c1. The third-order valence-corrected chi connectivity index (χ3v) is 7.22. The van der Waals surface area contributed by atoms with Crippen molar-refractivity contribution in [1.29, 1.82) is 0 Å². The van der Waals surface area contributed by atoms with Crippen molar-refractivity contribution in [2.75, 3.05) is 7.11 Å². The molecule has 2 aromatic carbocycles. The molecule has 0 spiro atoms. The average Bonchev–Trinajstić information content (AvgIpc) is 2.96. The number of carbonyl (C=O) groups is 2. The molecule has 0 atom stereocenters. The van der Waals surface area contributed by atoms with E-state index in [0.717, 1.165) is 12.8 Å². The van der Waals surface area contributed by atoms with Crippen LogP contribution in [0.15, 0.2) is 47.6 Å². The second kappa shape index (κ2) is 21.0. The largest absolute Gasteiger partial charge is 0.493 e. The summed E-state index contributed by atoms with van der Waals surface area (Å²) in [4.78, 5) is 24.6. The van der Waals surface area contributed by atoms with Crippen molar-refractivity contribution in [1.82, 2.24) is 5.43 Å². The summed E-state index contributed by atoms with van der Waals surface area (Å²) >= 11 is 6.08. The standard InChI is InChI=1S/C33H47ClN2O4/c1-3-4-5-6-7-8-9-10-11-12-13-14-15-16-17-22-32(37)36-35-26-27-23-24-30(31(25-27)39-2)40-33(38)28-20-18-19-21-29(28)34/h18-21,23-26H,3-17,22H2,1-2H3,(H,36,37). The smallest absolute Gasteiger partial charge is 0.345 e. The number of esters is 1. The van der Waals surface area contributed by atoms with E-state index in [9.17, 15) is 9.59 Å². The van der Waals surface area contributed by atoms with Gasteiger partial charge in [0, 0.05) is 6.42 Å². The van der Waals surface area contributed by atoms with Crippen LogP contribution in [0.5, 0.6) is 11.5 Å². The first-order chi connectivity index (χ1) is 19.5. The van der Waals surface area contributed by atoms with Crippen molar-refractivity contribution >= 4 is 29.7 Å². The second-order valence-corrected chi connectivity index (χ2v) is 10.7. The molecule has 0 heterocycles. The molecular weight excluding hydrogens is 524 g/mol. The van der Waals surface area contributed by atoms with Gasteiger partial charge in [-0.1, -0.05) is 121 Å². The summed E-state index contributed by atoms with van der Waals surface area (Å²) in [6, 6.07) is 11.7. The van der Waals surface area contributed by atoms with E-state index < -0.39 is 5.97 Å². The Morgan fingerprint density at radius 3 is 1.95 bits per heavy atom. The Morgan fingerprint density at radius 2 is 1.38 bits per heavy atom. The summed E-state index contributed by atoms with van der Waals surface area (Å²) in [5.74, 6) is -0.0326. The Morgan fingerprint density at radius 1 is 0.800 bits per heavy atom. The van der Waals surface area contributed by atoms with E-state index in [2.05, 4.69) is 17.5 Å². The lowest BCUT2D eigenvalue weighted by Gasteiger charge is -2.10.